The Morgan fingerprint density at radius 3 is 1.82 bits per heavy atom. The number of nitrogens with zero attached hydrogens (tertiary/aromatic N) is 1. The van der Waals surface area contributed by atoms with Gasteiger partial charge in [0.2, 0.25) is 11.8 Å². The third-order valence-electron chi connectivity index (χ3n) is 6.03. The molecule has 0 aliphatic heterocycles. The first-order valence-corrected chi connectivity index (χ1v) is 13.8. The van der Waals surface area contributed by atoms with Crippen molar-refractivity contribution in [2.24, 2.45) is 0 Å². The summed E-state index contributed by atoms with van der Waals surface area (Å²) in [5.41, 5.74) is 0.404. The van der Waals surface area contributed by atoms with Gasteiger partial charge < -0.3 is 25.4 Å². The minimum Gasteiger partial charge on any atom is -0.508 e. The van der Waals surface area contributed by atoms with Gasteiger partial charge in [0.25, 0.3) is 0 Å². The first-order valence-electron chi connectivity index (χ1n) is 13.8. The highest BCUT2D eigenvalue weighted by Crippen LogP contribution is 2.31. The van der Waals surface area contributed by atoms with Crippen molar-refractivity contribution in [3.63, 3.8) is 0 Å². The Morgan fingerprint density at radius 2 is 1.38 bits per heavy atom. The van der Waals surface area contributed by atoms with Crippen LogP contribution in [-0.2, 0) is 27.2 Å². The molecule has 0 aliphatic rings. The Hall–Kier alpha value is -3.55. The smallest absolute Gasteiger partial charge is 0.408 e. The van der Waals surface area contributed by atoms with E-state index in [1.807, 2.05) is 65.8 Å². The molecule has 0 radical (unpaired) electrons. The fourth-order valence-electron chi connectivity index (χ4n) is 4.32. The average Bonchev–Trinajstić information content (AvgIpc) is 2.80. The summed E-state index contributed by atoms with van der Waals surface area (Å²) < 4.78 is 5.48. The van der Waals surface area contributed by atoms with Crippen LogP contribution in [0.5, 0.6) is 5.75 Å². The largest absolute Gasteiger partial charge is 0.508 e. The zero-order chi connectivity index (χ0) is 30.5. The lowest BCUT2D eigenvalue weighted by Gasteiger charge is -2.43. The molecule has 220 valence electrons. The van der Waals surface area contributed by atoms with Gasteiger partial charge in [-0.05, 0) is 97.6 Å². The van der Waals surface area contributed by atoms with E-state index >= 15 is 0 Å². The van der Waals surface area contributed by atoms with Crippen molar-refractivity contribution in [3.05, 3.63) is 65.2 Å². The van der Waals surface area contributed by atoms with Crippen LogP contribution in [0.1, 0.15) is 92.0 Å². The highest BCUT2D eigenvalue weighted by Gasteiger charge is 2.42. The molecular weight excluding hydrogens is 506 g/mol. The third-order valence-corrected chi connectivity index (χ3v) is 6.03. The van der Waals surface area contributed by atoms with Crippen LogP contribution in [0.25, 0.3) is 0 Å². The first-order chi connectivity index (χ1) is 18.3. The van der Waals surface area contributed by atoms with Crippen LogP contribution in [0.2, 0.25) is 0 Å². The number of carbonyl (C=O) groups excluding carboxylic acids is 3. The molecule has 0 saturated carbocycles. The summed E-state index contributed by atoms with van der Waals surface area (Å²) in [6, 6.07) is 12.1. The Bertz CT molecular complexity index is 1150. The lowest BCUT2D eigenvalue weighted by atomic mass is 9.93. The molecule has 3 amide bonds. The van der Waals surface area contributed by atoms with E-state index in [2.05, 4.69) is 17.6 Å². The molecule has 0 spiro atoms. The molecule has 2 unspecified atom stereocenters. The van der Waals surface area contributed by atoms with Crippen molar-refractivity contribution in [2.75, 3.05) is 0 Å². The summed E-state index contributed by atoms with van der Waals surface area (Å²) in [5, 5.41) is 15.6. The van der Waals surface area contributed by atoms with Gasteiger partial charge in [-0.3, -0.25) is 9.59 Å². The van der Waals surface area contributed by atoms with Gasteiger partial charge in [-0.2, -0.15) is 0 Å². The predicted octanol–water partition coefficient (Wildman–Crippen LogP) is 5.67. The standard InChI is InChI=1S/C32H47N3O5/c1-11-21-12-16-23(17-13-21)26(27(37)34-30(2,3)4)35(31(5,6)7)28(38)25(33-29(39)40-32(8,9)10)20-22-14-18-24(36)19-15-22/h12-19,25-26,36H,11,20H2,1-10H3,(H,33,39)(H,34,37). The number of phenols is 1. The summed E-state index contributed by atoms with van der Waals surface area (Å²) in [6.07, 6.45) is 0.240. The van der Waals surface area contributed by atoms with Crippen LogP contribution in [0.4, 0.5) is 4.79 Å². The zero-order valence-electron chi connectivity index (χ0n) is 25.7. The number of aryl methyl sites for hydroxylation is 1. The van der Waals surface area contributed by atoms with Crippen LogP contribution < -0.4 is 10.6 Å². The molecule has 8 nitrogen and oxygen atoms in total. The number of phenolic OH excluding ortho intramolecular Hbond substituents is 1. The highest BCUT2D eigenvalue weighted by molar-refractivity contribution is 5.93. The summed E-state index contributed by atoms with van der Waals surface area (Å²) in [4.78, 5) is 42.8. The third kappa shape index (κ3) is 9.88. The number of hydrogen-bond donors (Lipinski definition) is 3. The molecule has 2 aromatic rings. The van der Waals surface area contributed by atoms with Crippen molar-refractivity contribution < 1.29 is 24.2 Å². The lowest BCUT2D eigenvalue weighted by molar-refractivity contribution is -0.149. The number of rotatable bonds is 8. The molecule has 0 heterocycles. The SMILES string of the molecule is CCc1ccc(C(C(=O)NC(C)(C)C)N(C(=O)C(Cc2ccc(O)cc2)NC(=O)OC(C)(C)C)C(C)(C)C)cc1. The number of nitrogens with one attached hydrogen (secondary N) is 2. The molecule has 0 saturated heterocycles. The van der Waals surface area contributed by atoms with E-state index in [9.17, 15) is 19.5 Å². The molecule has 2 rings (SSSR count). The summed E-state index contributed by atoms with van der Waals surface area (Å²) in [7, 11) is 0. The molecule has 0 fully saturated rings. The van der Waals surface area contributed by atoms with Crippen molar-refractivity contribution in [1.29, 1.82) is 0 Å². The fraction of sp³-hybridized carbons (Fsp3) is 0.531. The van der Waals surface area contributed by atoms with Crippen LogP contribution in [0.3, 0.4) is 0 Å². The van der Waals surface area contributed by atoms with Crippen LogP contribution in [-0.4, -0.2) is 50.6 Å². The fourth-order valence-corrected chi connectivity index (χ4v) is 4.32. The van der Waals surface area contributed by atoms with E-state index in [1.165, 1.54) is 12.1 Å². The van der Waals surface area contributed by atoms with Gasteiger partial charge in [0.1, 0.15) is 23.4 Å². The normalized spacial score (nSPS) is 13.7. The van der Waals surface area contributed by atoms with E-state index in [0.29, 0.717) is 5.56 Å². The monoisotopic (exact) mass is 553 g/mol. The van der Waals surface area contributed by atoms with Gasteiger partial charge in [0, 0.05) is 17.5 Å². The zero-order valence-corrected chi connectivity index (χ0v) is 25.7. The van der Waals surface area contributed by atoms with E-state index in [-0.39, 0.29) is 18.1 Å². The van der Waals surface area contributed by atoms with Crippen molar-refractivity contribution in [1.82, 2.24) is 15.5 Å². The minimum absolute atomic E-state index is 0.0949. The lowest BCUT2D eigenvalue weighted by Crippen LogP contribution is -2.60. The topological polar surface area (TPSA) is 108 Å². The van der Waals surface area contributed by atoms with Crippen molar-refractivity contribution >= 4 is 17.9 Å². The average molecular weight is 554 g/mol. The van der Waals surface area contributed by atoms with Gasteiger partial charge in [0.15, 0.2) is 0 Å². The first kappa shape index (κ1) is 32.7. The van der Waals surface area contributed by atoms with Crippen molar-refractivity contribution in [3.8, 4) is 5.75 Å². The second-order valence-electron chi connectivity index (χ2n) is 13.2. The Kier molecular flexibility index (Phi) is 10.4. The molecule has 2 atom stereocenters. The minimum atomic E-state index is -1.04. The van der Waals surface area contributed by atoms with Crippen molar-refractivity contribution in [2.45, 2.75) is 111 Å². The number of ether oxygens (including phenoxy) is 1. The van der Waals surface area contributed by atoms with E-state index in [1.54, 1.807) is 37.8 Å². The maximum absolute atomic E-state index is 14.5. The summed E-state index contributed by atoms with van der Waals surface area (Å²) >= 11 is 0. The van der Waals surface area contributed by atoms with Gasteiger partial charge in [-0.15, -0.1) is 0 Å². The van der Waals surface area contributed by atoms with E-state index in [4.69, 9.17) is 4.74 Å². The Labute approximate surface area is 239 Å². The van der Waals surface area contributed by atoms with Gasteiger partial charge >= 0.3 is 6.09 Å². The molecule has 3 N–H and O–H groups in total. The summed E-state index contributed by atoms with van der Waals surface area (Å²) in [5.74, 6) is -0.654. The van der Waals surface area contributed by atoms with Gasteiger partial charge in [-0.25, -0.2) is 4.79 Å². The van der Waals surface area contributed by atoms with Gasteiger partial charge in [-0.1, -0.05) is 43.3 Å². The number of aromatic hydroxyl groups is 1. The number of amides is 3. The molecule has 0 aliphatic carbocycles. The molecule has 0 aromatic heterocycles. The molecule has 8 heteroatoms. The second kappa shape index (κ2) is 12.7. The highest BCUT2D eigenvalue weighted by atomic mass is 16.6. The molecular formula is C32H47N3O5. The van der Waals surface area contributed by atoms with E-state index < -0.39 is 40.8 Å². The van der Waals surface area contributed by atoms with Crippen LogP contribution in [0.15, 0.2) is 48.5 Å². The maximum atomic E-state index is 14.5. The number of carbonyl (C=O) groups is 3. The Morgan fingerprint density at radius 1 is 0.850 bits per heavy atom. The molecule has 0 bridgehead atoms. The number of benzene rings is 2. The quantitative estimate of drug-likeness (QED) is 0.390. The molecule has 40 heavy (non-hydrogen) atoms. The van der Waals surface area contributed by atoms with Crippen LogP contribution in [0, 0.1) is 0 Å². The maximum Gasteiger partial charge on any atom is 0.408 e. The number of hydrogen-bond acceptors (Lipinski definition) is 5. The number of alkyl carbamates (subject to hydrolysis) is 1. The summed E-state index contributed by atoms with van der Waals surface area (Å²) in [6.45, 7) is 18.6. The second-order valence-corrected chi connectivity index (χ2v) is 13.2. The van der Waals surface area contributed by atoms with E-state index in [0.717, 1.165) is 17.5 Å². The molecule has 2 aromatic carbocycles. The Balaban J connectivity index is 2.64. The van der Waals surface area contributed by atoms with Gasteiger partial charge in [0.05, 0.1) is 0 Å². The predicted molar refractivity (Wildman–Crippen MR) is 158 cm³/mol. The van der Waals surface area contributed by atoms with Crippen LogP contribution >= 0.6 is 0 Å².